The summed E-state index contributed by atoms with van der Waals surface area (Å²) in [6, 6.07) is 5.90. The Balaban J connectivity index is 2.06. The fraction of sp³-hybridized carbons (Fsp3) is 0.0909. The smallest absolute Gasteiger partial charge is 0.234 e. The van der Waals surface area contributed by atoms with Gasteiger partial charge in [-0.25, -0.2) is 4.98 Å². The number of hydrogen-bond acceptors (Lipinski definition) is 5. The number of amides is 1. The zero-order valence-corrected chi connectivity index (χ0v) is 10.4. The van der Waals surface area contributed by atoms with E-state index in [1.165, 1.54) is 11.3 Å². The first-order valence-corrected chi connectivity index (χ1v) is 6.86. The SMILES string of the molecule is Nc1scnc1-c1ccc2c(c1)NC(=O)CS2. The van der Waals surface area contributed by atoms with Crippen LogP contribution in [0, 0.1) is 0 Å². The predicted octanol–water partition coefficient (Wildman–Crippen LogP) is 2.44. The summed E-state index contributed by atoms with van der Waals surface area (Å²) < 4.78 is 0. The molecule has 17 heavy (non-hydrogen) atoms. The molecule has 0 aliphatic carbocycles. The first kappa shape index (κ1) is 10.6. The van der Waals surface area contributed by atoms with E-state index in [1.807, 2.05) is 18.2 Å². The number of nitrogens with two attached hydrogens (primary N) is 1. The topological polar surface area (TPSA) is 68.0 Å². The van der Waals surface area contributed by atoms with Crippen LogP contribution in [0.25, 0.3) is 11.3 Å². The van der Waals surface area contributed by atoms with E-state index in [2.05, 4.69) is 10.3 Å². The highest BCUT2D eigenvalue weighted by atomic mass is 32.2. The minimum atomic E-state index is 0.0332. The third kappa shape index (κ3) is 1.89. The Labute approximate surface area is 106 Å². The number of carbonyl (C=O) groups is 1. The molecule has 3 rings (SSSR count). The number of nitrogens with zero attached hydrogens (tertiary/aromatic N) is 1. The Morgan fingerprint density at radius 2 is 2.29 bits per heavy atom. The quantitative estimate of drug-likeness (QED) is 0.829. The van der Waals surface area contributed by atoms with Gasteiger partial charge >= 0.3 is 0 Å². The van der Waals surface area contributed by atoms with Crippen LogP contribution in [0.15, 0.2) is 28.6 Å². The van der Waals surface area contributed by atoms with Crippen molar-refractivity contribution in [3.63, 3.8) is 0 Å². The van der Waals surface area contributed by atoms with E-state index >= 15 is 0 Å². The molecule has 1 aliphatic heterocycles. The van der Waals surface area contributed by atoms with Crippen LogP contribution in [0.1, 0.15) is 0 Å². The highest BCUT2D eigenvalue weighted by Gasteiger charge is 2.16. The second-order valence-electron chi connectivity index (χ2n) is 3.61. The van der Waals surface area contributed by atoms with Gasteiger partial charge in [-0.2, -0.15) is 0 Å². The van der Waals surface area contributed by atoms with Crippen LogP contribution < -0.4 is 11.1 Å². The van der Waals surface area contributed by atoms with E-state index in [4.69, 9.17) is 5.73 Å². The van der Waals surface area contributed by atoms with Crippen molar-refractivity contribution in [1.82, 2.24) is 4.98 Å². The molecule has 3 N–H and O–H groups in total. The Morgan fingerprint density at radius 1 is 1.41 bits per heavy atom. The zero-order chi connectivity index (χ0) is 11.8. The molecular weight excluding hydrogens is 254 g/mol. The second kappa shape index (κ2) is 4.05. The summed E-state index contributed by atoms with van der Waals surface area (Å²) in [7, 11) is 0. The largest absolute Gasteiger partial charge is 0.389 e. The van der Waals surface area contributed by atoms with E-state index in [0.29, 0.717) is 10.8 Å². The van der Waals surface area contributed by atoms with E-state index in [1.54, 1.807) is 17.3 Å². The van der Waals surface area contributed by atoms with Crippen LogP contribution in [-0.4, -0.2) is 16.6 Å². The Morgan fingerprint density at radius 3 is 3.06 bits per heavy atom. The lowest BCUT2D eigenvalue weighted by atomic mass is 10.1. The lowest BCUT2D eigenvalue weighted by Gasteiger charge is -2.16. The van der Waals surface area contributed by atoms with Gasteiger partial charge in [0, 0.05) is 10.5 Å². The maximum Gasteiger partial charge on any atom is 0.234 e. The molecule has 1 amide bonds. The summed E-state index contributed by atoms with van der Waals surface area (Å²) in [5.41, 5.74) is 10.1. The molecule has 0 radical (unpaired) electrons. The number of anilines is 2. The number of nitrogen functional groups attached to an aromatic ring is 1. The van der Waals surface area contributed by atoms with Crippen LogP contribution in [0.5, 0.6) is 0 Å². The summed E-state index contributed by atoms with van der Waals surface area (Å²) >= 11 is 2.96. The number of thiazole rings is 1. The van der Waals surface area contributed by atoms with E-state index in [0.717, 1.165) is 21.8 Å². The number of carbonyl (C=O) groups excluding carboxylic acids is 1. The summed E-state index contributed by atoms with van der Waals surface area (Å²) in [5, 5.41) is 3.55. The van der Waals surface area contributed by atoms with Crippen molar-refractivity contribution < 1.29 is 4.79 Å². The molecule has 2 aromatic rings. The van der Waals surface area contributed by atoms with Crippen molar-refractivity contribution in [2.45, 2.75) is 4.90 Å². The van der Waals surface area contributed by atoms with Gasteiger partial charge in [-0.15, -0.1) is 23.1 Å². The standard InChI is InChI=1S/C11H9N3OS2/c12-11-10(13-5-17-11)6-1-2-8-7(3-6)14-9(15)4-16-8/h1-3,5H,4,12H2,(H,14,15). The summed E-state index contributed by atoms with van der Waals surface area (Å²) in [4.78, 5) is 16.6. The highest BCUT2D eigenvalue weighted by molar-refractivity contribution is 8.00. The van der Waals surface area contributed by atoms with Gasteiger partial charge in [0.2, 0.25) is 5.91 Å². The van der Waals surface area contributed by atoms with E-state index in [-0.39, 0.29) is 5.91 Å². The minimum absolute atomic E-state index is 0.0332. The van der Waals surface area contributed by atoms with E-state index < -0.39 is 0 Å². The number of nitrogens with one attached hydrogen (secondary N) is 1. The van der Waals surface area contributed by atoms with Crippen molar-refractivity contribution >= 4 is 39.7 Å². The zero-order valence-electron chi connectivity index (χ0n) is 8.77. The number of thioether (sulfide) groups is 1. The highest BCUT2D eigenvalue weighted by Crippen LogP contribution is 2.36. The summed E-state index contributed by atoms with van der Waals surface area (Å²) in [6.07, 6.45) is 0. The molecule has 1 aliphatic rings. The van der Waals surface area contributed by atoms with Crippen LogP contribution in [0.2, 0.25) is 0 Å². The molecule has 1 aromatic carbocycles. The number of fused-ring (bicyclic) bond motifs is 1. The number of rotatable bonds is 1. The van der Waals surface area contributed by atoms with Gasteiger partial charge in [0.05, 0.1) is 17.0 Å². The molecule has 0 unspecified atom stereocenters. The Hall–Kier alpha value is -1.53. The van der Waals surface area contributed by atoms with Crippen LogP contribution in [0.4, 0.5) is 10.7 Å². The van der Waals surface area contributed by atoms with Gasteiger partial charge in [0.25, 0.3) is 0 Å². The van der Waals surface area contributed by atoms with Gasteiger partial charge in [0.15, 0.2) is 0 Å². The number of hydrogen-bond donors (Lipinski definition) is 2. The second-order valence-corrected chi connectivity index (χ2v) is 5.52. The monoisotopic (exact) mass is 263 g/mol. The maximum atomic E-state index is 11.3. The molecule has 4 nitrogen and oxygen atoms in total. The molecule has 1 aromatic heterocycles. The average molecular weight is 263 g/mol. The Kier molecular flexibility index (Phi) is 2.53. The van der Waals surface area contributed by atoms with Gasteiger partial charge in [-0.05, 0) is 12.1 Å². The van der Waals surface area contributed by atoms with Crippen LogP contribution in [0.3, 0.4) is 0 Å². The van der Waals surface area contributed by atoms with Crippen molar-refractivity contribution in [2.75, 3.05) is 16.8 Å². The normalized spacial score (nSPS) is 14.2. The van der Waals surface area contributed by atoms with Gasteiger partial charge in [-0.1, -0.05) is 6.07 Å². The fourth-order valence-electron chi connectivity index (χ4n) is 1.70. The molecule has 0 saturated carbocycles. The minimum Gasteiger partial charge on any atom is -0.389 e. The molecule has 0 atom stereocenters. The van der Waals surface area contributed by atoms with Crippen molar-refractivity contribution in [2.24, 2.45) is 0 Å². The molecule has 6 heteroatoms. The molecular formula is C11H9N3OS2. The maximum absolute atomic E-state index is 11.3. The van der Waals surface area contributed by atoms with Gasteiger partial charge in [0.1, 0.15) is 10.7 Å². The van der Waals surface area contributed by atoms with Gasteiger partial charge in [-0.3, -0.25) is 4.79 Å². The molecule has 0 bridgehead atoms. The molecule has 0 spiro atoms. The summed E-state index contributed by atoms with van der Waals surface area (Å²) in [6.45, 7) is 0. The molecule has 0 fully saturated rings. The lowest BCUT2D eigenvalue weighted by molar-refractivity contribution is -0.113. The predicted molar refractivity (Wildman–Crippen MR) is 71.3 cm³/mol. The number of aromatic nitrogens is 1. The third-order valence-electron chi connectivity index (χ3n) is 2.48. The van der Waals surface area contributed by atoms with Crippen molar-refractivity contribution in [3.05, 3.63) is 23.7 Å². The fourth-order valence-corrected chi connectivity index (χ4v) is 3.04. The first-order chi connectivity index (χ1) is 8.24. The van der Waals surface area contributed by atoms with E-state index in [9.17, 15) is 4.79 Å². The first-order valence-electron chi connectivity index (χ1n) is 5.00. The third-order valence-corrected chi connectivity index (χ3v) is 4.21. The van der Waals surface area contributed by atoms with Crippen molar-refractivity contribution in [1.29, 1.82) is 0 Å². The molecule has 2 heterocycles. The van der Waals surface area contributed by atoms with Gasteiger partial charge < -0.3 is 11.1 Å². The average Bonchev–Trinajstić information content (AvgIpc) is 2.74. The van der Waals surface area contributed by atoms with Crippen molar-refractivity contribution in [3.8, 4) is 11.3 Å². The number of benzene rings is 1. The van der Waals surface area contributed by atoms with Crippen LogP contribution >= 0.6 is 23.1 Å². The Bertz CT molecular complexity index is 594. The van der Waals surface area contributed by atoms with Crippen LogP contribution in [-0.2, 0) is 4.79 Å². The lowest BCUT2D eigenvalue weighted by Crippen LogP contribution is -2.18. The summed E-state index contributed by atoms with van der Waals surface area (Å²) in [5.74, 6) is 0.511. The molecule has 86 valence electrons. The molecule has 0 saturated heterocycles.